The highest BCUT2D eigenvalue weighted by atomic mass is 32.1. The van der Waals surface area contributed by atoms with E-state index in [-0.39, 0.29) is 0 Å². The molecule has 0 saturated heterocycles. The molecule has 2 heterocycles. The Morgan fingerprint density at radius 1 is 0.783 bits per heavy atom. The molecule has 0 aliphatic rings. The van der Waals surface area contributed by atoms with Crippen LogP contribution >= 0.6 is 11.3 Å². The van der Waals surface area contributed by atoms with E-state index in [9.17, 15) is 0 Å². The minimum atomic E-state index is 1.04. The highest BCUT2D eigenvalue weighted by molar-refractivity contribution is 7.21. The molecule has 0 fully saturated rings. The molecule has 0 bridgehead atoms. The Balaban J connectivity index is 1.86. The number of nitrogens with zero attached hydrogens (tertiary/aromatic N) is 1. The van der Waals surface area contributed by atoms with E-state index >= 15 is 0 Å². The number of fused-ring (bicyclic) bond motifs is 1. The number of rotatable bonds is 2. The fourth-order valence-electron chi connectivity index (χ4n) is 3.01. The molecule has 0 atom stereocenters. The third-order valence-electron chi connectivity index (χ3n) is 4.18. The number of thiophene rings is 1. The van der Waals surface area contributed by atoms with E-state index in [1.165, 1.54) is 27.0 Å². The average molecular weight is 315 g/mol. The first-order chi connectivity index (χ1) is 11.2. The molecule has 0 amide bonds. The Hall–Kier alpha value is -2.45. The highest BCUT2D eigenvalue weighted by Gasteiger charge is 2.11. The van der Waals surface area contributed by atoms with Crippen LogP contribution in [0, 0.1) is 13.8 Å². The van der Waals surface area contributed by atoms with Crippen LogP contribution in [0.1, 0.15) is 11.1 Å². The lowest BCUT2D eigenvalue weighted by Gasteiger charge is -2.06. The molecule has 0 unspecified atom stereocenters. The van der Waals surface area contributed by atoms with E-state index in [0.29, 0.717) is 0 Å². The lowest BCUT2D eigenvalue weighted by molar-refractivity contribution is 1.39. The summed E-state index contributed by atoms with van der Waals surface area (Å²) >= 11 is 1.78. The number of aromatic nitrogens is 1. The molecule has 112 valence electrons. The van der Waals surface area contributed by atoms with Crippen LogP contribution < -0.4 is 0 Å². The SMILES string of the molecule is Cc1cccc(C)c1-c1cc2ccc(-c3ccccc3)nc2s1. The molecule has 0 N–H and O–H groups in total. The molecule has 0 spiro atoms. The second kappa shape index (κ2) is 5.64. The third-order valence-corrected chi connectivity index (χ3v) is 5.24. The molecular formula is C21H17NS. The zero-order valence-electron chi connectivity index (χ0n) is 13.2. The molecule has 0 aliphatic heterocycles. The summed E-state index contributed by atoms with van der Waals surface area (Å²) in [6.45, 7) is 4.35. The molecular weight excluding hydrogens is 298 g/mol. The maximum atomic E-state index is 4.87. The molecule has 4 rings (SSSR count). The van der Waals surface area contributed by atoms with Gasteiger partial charge in [0.05, 0.1) is 5.69 Å². The van der Waals surface area contributed by atoms with Crippen LogP contribution in [0.3, 0.4) is 0 Å². The average Bonchev–Trinajstić information content (AvgIpc) is 2.98. The van der Waals surface area contributed by atoms with Crippen molar-refractivity contribution in [1.82, 2.24) is 4.98 Å². The number of hydrogen-bond acceptors (Lipinski definition) is 2. The highest BCUT2D eigenvalue weighted by Crippen LogP contribution is 2.37. The van der Waals surface area contributed by atoms with Gasteiger partial charge in [0, 0.05) is 15.8 Å². The number of pyridine rings is 1. The van der Waals surface area contributed by atoms with E-state index in [1.54, 1.807) is 11.3 Å². The lowest BCUT2D eigenvalue weighted by Crippen LogP contribution is -1.84. The summed E-state index contributed by atoms with van der Waals surface area (Å²) < 4.78 is 0. The molecule has 0 radical (unpaired) electrons. The predicted octanol–water partition coefficient (Wildman–Crippen LogP) is 6.25. The lowest BCUT2D eigenvalue weighted by atomic mass is 10.0. The van der Waals surface area contributed by atoms with Gasteiger partial charge in [0.1, 0.15) is 4.83 Å². The van der Waals surface area contributed by atoms with Gasteiger partial charge in [0.15, 0.2) is 0 Å². The first-order valence-corrected chi connectivity index (χ1v) is 8.56. The second-order valence-corrected chi connectivity index (χ2v) is 6.87. The number of benzene rings is 2. The predicted molar refractivity (Wildman–Crippen MR) is 100.0 cm³/mol. The zero-order valence-corrected chi connectivity index (χ0v) is 14.0. The Labute approximate surface area is 140 Å². The summed E-state index contributed by atoms with van der Waals surface area (Å²) in [4.78, 5) is 7.27. The maximum absolute atomic E-state index is 4.87. The first kappa shape index (κ1) is 14.2. The molecule has 4 aromatic rings. The molecule has 0 saturated carbocycles. The third kappa shape index (κ3) is 2.55. The normalized spacial score (nSPS) is 11.0. The van der Waals surface area contributed by atoms with Gasteiger partial charge in [-0.3, -0.25) is 0 Å². The van der Waals surface area contributed by atoms with Gasteiger partial charge in [-0.25, -0.2) is 4.98 Å². The van der Waals surface area contributed by atoms with Crippen LogP contribution in [0.2, 0.25) is 0 Å². The van der Waals surface area contributed by atoms with E-state index in [4.69, 9.17) is 4.98 Å². The van der Waals surface area contributed by atoms with E-state index in [1.807, 2.05) is 6.07 Å². The van der Waals surface area contributed by atoms with Crippen LogP contribution in [0.25, 0.3) is 31.9 Å². The van der Waals surface area contributed by atoms with Gasteiger partial charge in [0.25, 0.3) is 0 Å². The van der Waals surface area contributed by atoms with Crippen molar-refractivity contribution < 1.29 is 0 Å². The Morgan fingerprint density at radius 2 is 1.52 bits per heavy atom. The Kier molecular flexibility index (Phi) is 3.47. The van der Waals surface area contributed by atoms with Crippen molar-refractivity contribution in [2.75, 3.05) is 0 Å². The second-order valence-electron chi connectivity index (χ2n) is 5.83. The molecule has 2 aromatic carbocycles. The molecule has 23 heavy (non-hydrogen) atoms. The maximum Gasteiger partial charge on any atom is 0.124 e. The van der Waals surface area contributed by atoms with Gasteiger partial charge in [-0.2, -0.15) is 0 Å². The van der Waals surface area contributed by atoms with Gasteiger partial charge < -0.3 is 0 Å². The zero-order chi connectivity index (χ0) is 15.8. The molecule has 2 aromatic heterocycles. The largest absolute Gasteiger partial charge is 0.237 e. The van der Waals surface area contributed by atoms with E-state index in [2.05, 4.69) is 74.5 Å². The monoisotopic (exact) mass is 315 g/mol. The quantitative estimate of drug-likeness (QED) is 0.426. The summed E-state index contributed by atoms with van der Waals surface area (Å²) in [6, 6.07) is 23.4. The van der Waals surface area contributed by atoms with Crippen molar-refractivity contribution in [3.05, 3.63) is 77.9 Å². The topological polar surface area (TPSA) is 12.9 Å². The summed E-state index contributed by atoms with van der Waals surface area (Å²) in [5.41, 5.74) is 6.18. The minimum absolute atomic E-state index is 1.04. The van der Waals surface area contributed by atoms with Gasteiger partial charge >= 0.3 is 0 Å². The molecule has 2 heteroatoms. The van der Waals surface area contributed by atoms with Crippen LogP contribution in [-0.2, 0) is 0 Å². The van der Waals surface area contributed by atoms with Crippen molar-refractivity contribution in [1.29, 1.82) is 0 Å². The molecule has 1 nitrogen and oxygen atoms in total. The number of aryl methyl sites for hydroxylation is 2. The van der Waals surface area contributed by atoms with Gasteiger partial charge in [0.2, 0.25) is 0 Å². The Bertz CT molecular complexity index is 963. The van der Waals surface area contributed by atoms with Crippen molar-refractivity contribution in [2.24, 2.45) is 0 Å². The van der Waals surface area contributed by atoms with Crippen LogP contribution in [-0.4, -0.2) is 4.98 Å². The van der Waals surface area contributed by atoms with Crippen LogP contribution in [0.4, 0.5) is 0 Å². The van der Waals surface area contributed by atoms with Gasteiger partial charge in [-0.15, -0.1) is 11.3 Å². The molecule has 0 aliphatic carbocycles. The van der Waals surface area contributed by atoms with Crippen molar-refractivity contribution in [3.8, 4) is 21.7 Å². The fourth-order valence-corrected chi connectivity index (χ4v) is 4.22. The summed E-state index contributed by atoms with van der Waals surface area (Å²) in [5.74, 6) is 0. The summed E-state index contributed by atoms with van der Waals surface area (Å²) in [6.07, 6.45) is 0. The standard InChI is InChI=1S/C21H17NS/c1-14-7-6-8-15(2)20(14)19-13-17-11-12-18(22-21(17)23-19)16-9-4-3-5-10-16/h3-13H,1-2H3. The van der Waals surface area contributed by atoms with Crippen molar-refractivity contribution in [3.63, 3.8) is 0 Å². The van der Waals surface area contributed by atoms with Gasteiger partial charge in [-0.1, -0.05) is 48.5 Å². The van der Waals surface area contributed by atoms with E-state index < -0.39 is 0 Å². The van der Waals surface area contributed by atoms with Crippen molar-refractivity contribution in [2.45, 2.75) is 13.8 Å². The first-order valence-electron chi connectivity index (χ1n) is 7.75. The number of hydrogen-bond donors (Lipinski definition) is 0. The minimum Gasteiger partial charge on any atom is -0.237 e. The van der Waals surface area contributed by atoms with Crippen LogP contribution in [0.5, 0.6) is 0 Å². The Morgan fingerprint density at radius 3 is 2.26 bits per heavy atom. The van der Waals surface area contributed by atoms with Crippen molar-refractivity contribution >= 4 is 21.6 Å². The fraction of sp³-hybridized carbons (Fsp3) is 0.0952. The summed E-state index contributed by atoms with van der Waals surface area (Å²) in [5, 5.41) is 1.22. The summed E-state index contributed by atoms with van der Waals surface area (Å²) in [7, 11) is 0. The smallest absolute Gasteiger partial charge is 0.124 e. The van der Waals surface area contributed by atoms with Crippen LogP contribution in [0.15, 0.2) is 66.7 Å². The van der Waals surface area contributed by atoms with E-state index in [0.717, 1.165) is 16.1 Å². The van der Waals surface area contributed by atoms with Gasteiger partial charge in [-0.05, 0) is 48.7 Å².